The molecule has 172 valence electrons. The number of aryl methyl sites for hydroxylation is 1. The van der Waals surface area contributed by atoms with Crippen molar-refractivity contribution in [2.75, 3.05) is 26.5 Å². The molecule has 3 heterocycles. The quantitative estimate of drug-likeness (QED) is 0.346. The fraction of sp³-hybridized carbons (Fsp3) is 0.370. The summed E-state index contributed by atoms with van der Waals surface area (Å²) >= 11 is 1.67. The number of methoxy groups -OCH3 is 1. The molecule has 0 radical (unpaired) electrons. The van der Waals surface area contributed by atoms with Crippen molar-refractivity contribution in [2.24, 2.45) is 5.92 Å². The second-order valence-electron chi connectivity index (χ2n) is 8.90. The second-order valence-corrected chi connectivity index (χ2v) is 9.75. The zero-order valence-electron chi connectivity index (χ0n) is 19.3. The predicted molar refractivity (Wildman–Crippen MR) is 136 cm³/mol. The van der Waals surface area contributed by atoms with E-state index in [1.54, 1.807) is 18.9 Å². The lowest BCUT2D eigenvalue weighted by molar-refractivity contribution is 0.168. The minimum atomic E-state index is 0.258. The van der Waals surface area contributed by atoms with Crippen molar-refractivity contribution >= 4 is 33.6 Å². The molecule has 2 aromatic carbocycles. The number of pyridine rings is 1. The molecule has 1 aliphatic heterocycles. The molecular formula is C27H31N3O2S. The van der Waals surface area contributed by atoms with Crippen molar-refractivity contribution in [3.63, 3.8) is 0 Å². The van der Waals surface area contributed by atoms with Crippen molar-refractivity contribution in [3.8, 4) is 11.6 Å². The molecule has 4 aromatic rings. The van der Waals surface area contributed by atoms with Gasteiger partial charge in [0.2, 0.25) is 5.88 Å². The van der Waals surface area contributed by atoms with E-state index in [0.717, 1.165) is 53.9 Å². The monoisotopic (exact) mass is 461 g/mol. The number of hydrogen-bond acceptors (Lipinski definition) is 5. The van der Waals surface area contributed by atoms with Gasteiger partial charge in [0.25, 0.3) is 0 Å². The van der Waals surface area contributed by atoms with E-state index in [1.807, 2.05) is 22.9 Å². The van der Waals surface area contributed by atoms with E-state index in [1.165, 1.54) is 18.4 Å². The number of fused-ring (bicyclic) bond motifs is 2. The average molecular weight is 462 g/mol. The van der Waals surface area contributed by atoms with Crippen LogP contribution < -0.4 is 4.74 Å². The number of aromatic nitrogens is 2. The van der Waals surface area contributed by atoms with E-state index in [4.69, 9.17) is 9.72 Å². The molecule has 1 fully saturated rings. The van der Waals surface area contributed by atoms with Crippen molar-refractivity contribution in [1.82, 2.24) is 14.5 Å². The Balaban J connectivity index is 1.30. The molecule has 5 rings (SSSR count). The van der Waals surface area contributed by atoms with Crippen LogP contribution in [-0.4, -0.2) is 46.0 Å². The van der Waals surface area contributed by atoms with Crippen LogP contribution in [0.15, 0.2) is 59.6 Å². The number of hydrogen-bond donors (Lipinski definition) is 1. The first-order valence-corrected chi connectivity index (χ1v) is 12.9. The average Bonchev–Trinajstić information content (AvgIpc) is 3.17. The van der Waals surface area contributed by atoms with Crippen LogP contribution in [0.3, 0.4) is 0 Å². The number of benzene rings is 2. The topological polar surface area (TPSA) is 50.5 Å². The van der Waals surface area contributed by atoms with Gasteiger partial charge < -0.3 is 14.4 Å². The van der Waals surface area contributed by atoms with Crippen molar-refractivity contribution in [3.05, 3.63) is 60.3 Å². The summed E-state index contributed by atoms with van der Waals surface area (Å²) < 4.78 is 7.75. The third kappa shape index (κ3) is 4.42. The van der Waals surface area contributed by atoms with E-state index >= 15 is 0 Å². The van der Waals surface area contributed by atoms with Crippen LogP contribution >= 0.6 is 11.8 Å². The summed E-state index contributed by atoms with van der Waals surface area (Å²) in [4.78, 5) is 8.50. The van der Waals surface area contributed by atoms with E-state index < -0.39 is 0 Å². The Morgan fingerprint density at radius 1 is 1.03 bits per heavy atom. The van der Waals surface area contributed by atoms with Gasteiger partial charge >= 0.3 is 0 Å². The number of ether oxygens (including phenoxy) is 1. The Labute approximate surface area is 199 Å². The van der Waals surface area contributed by atoms with Crippen LogP contribution in [0.2, 0.25) is 0 Å². The van der Waals surface area contributed by atoms with Gasteiger partial charge in [-0.15, -0.1) is 11.8 Å². The summed E-state index contributed by atoms with van der Waals surface area (Å²) in [5, 5.41) is 12.8. The lowest BCUT2D eigenvalue weighted by atomic mass is 9.93. The Morgan fingerprint density at radius 3 is 2.55 bits per heavy atom. The first-order chi connectivity index (χ1) is 16.2. The number of rotatable bonds is 7. The van der Waals surface area contributed by atoms with Gasteiger partial charge in [-0.3, -0.25) is 4.90 Å². The third-order valence-electron chi connectivity index (χ3n) is 6.89. The minimum Gasteiger partial charge on any atom is -0.495 e. The van der Waals surface area contributed by atoms with Gasteiger partial charge in [0.1, 0.15) is 11.1 Å². The predicted octanol–water partition coefficient (Wildman–Crippen LogP) is 5.93. The molecule has 0 bridgehead atoms. The summed E-state index contributed by atoms with van der Waals surface area (Å²) in [6.45, 7) is 4.10. The lowest BCUT2D eigenvalue weighted by Crippen LogP contribution is -2.33. The summed E-state index contributed by atoms with van der Waals surface area (Å²) in [6.07, 6.45) is 7.50. The fourth-order valence-corrected chi connectivity index (χ4v) is 5.69. The maximum atomic E-state index is 11.1. The molecule has 1 N–H and O–H groups in total. The van der Waals surface area contributed by atoms with Crippen LogP contribution in [0.5, 0.6) is 11.6 Å². The van der Waals surface area contributed by atoms with Crippen LogP contribution in [0.4, 0.5) is 0 Å². The lowest BCUT2D eigenvalue weighted by Gasteiger charge is -2.32. The fourth-order valence-electron chi connectivity index (χ4n) is 5.07. The Kier molecular flexibility index (Phi) is 6.47. The molecule has 2 aromatic heterocycles. The molecule has 6 heteroatoms. The van der Waals surface area contributed by atoms with E-state index in [2.05, 4.69) is 47.6 Å². The number of piperidine rings is 1. The van der Waals surface area contributed by atoms with Gasteiger partial charge in [-0.1, -0.05) is 36.4 Å². The minimum absolute atomic E-state index is 0.258. The van der Waals surface area contributed by atoms with Crippen LogP contribution in [0.1, 0.15) is 24.8 Å². The first-order valence-electron chi connectivity index (χ1n) is 11.7. The number of thioether (sulfide) groups is 1. The van der Waals surface area contributed by atoms with Gasteiger partial charge in [0.05, 0.1) is 23.5 Å². The van der Waals surface area contributed by atoms with Gasteiger partial charge in [0.15, 0.2) is 0 Å². The summed E-state index contributed by atoms with van der Waals surface area (Å²) in [5.41, 5.74) is 3.07. The zero-order valence-corrected chi connectivity index (χ0v) is 20.1. The van der Waals surface area contributed by atoms with Gasteiger partial charge in [0, 0.05) is 24.2 Å². The largest absolute Gasteiger partial charge is 0.495 e. The normalized spacial score (nSPS) is 15.5. The SMILES string of the molecule is COc1c2c(SC)cccc2nc2cn(CCC3CCN(Cc4ccccc4)CC3)c(O)c12. The highest BCUT2D eigenvalue weighted by Gasteiger charge is 2.22. The van der Waals surface area contributed by atoms with E-state index in [0.29, 0.717) is 17.1 Å². The zero-order chi connectivity index (χ0) is 22.8. The highest BCUT2D eigenvalue weighted by atomic mass is 32.2. The molecule has 0 unspecified atom stereocenters. The van der Waals surface area contributed by atoms with Crippen molar-refractivity contribution < 1.29 is 9.84 Å². The molecule has 0 aliphatic carbocycles. The van der Waals surface area contributed by atoms with E-state index in [-0.39, 0.29) is 5.88 Å². The van der Waals surface area contributed by atoms with Crippen LogP contribution in [0.25, 0.3) is 21.8 Å². The Bertz CT molecular complexity index is 1250. The maximum absolute atomic E-state index is 11.1. The van der Waals surface area contributed by atoms with Crippen LogP contribution in [-0.2, 0) is 13.1 Å². The van der Waals surface area contributed by atoms with Gasteiger partial charge in [-0.05, 0) is 62.2 Å². The Hall–Kier alpha value is -2.70. The molecular weight excluding hydrogens is 430 g/mol. The standard InChI is InChI=1S/C27H31N3O2S/c1-32-26-24-21(9-6-10-23(24)33-2)28-22-18-30(27(31)25(22)26)16-13-19-11-14-29(15-12-19)17-20-7-4-3-5-8-20/h3-10,18-19,31H,11-17H2,1-2H3. The molecule has 0 saturated carbocycles. The first kappa shape index (κ1) is 22.1. The molecule has 1 aliphatic rings. The summed E-state index contributed by atoms with van der Waals surface area (Å²) in [6, 6.07) is 16.8. The van der Waals surface area contributed by atoms with Gasteiger partial charge in [-0.2, -0.15) is 0 Å². The molecule has 0 amide bonds. The molecule has 5 nitrogen and oxygen atoms in total. The maximum Gasteiger partial charge on any atom is 0.204 e. The van der Waals surface area contributed by atoms with E-state index in [9.17, 15) is 5.11 Å². The number of nitrogens with zero attached hydrogens (tertiary/aromatic N) is 3. The Morgan fingerprint density at radius 2 is 1.82 bits per heavy atom. The van der Waals surface area contributed by atoms with Crippen molar-refractivity contribution in [2.45, 2.75) is 37.2 Å². The smallest absolute Gasteiger partial charge is 0.204 e. The molecule has 1 saturated heterocycles. The molecule has 0 spiro atoms. The van der Waals surface area contributed by atoms with Crippen molar-refractivity contribution in [1.29, 1.82) is 0 Å². The number of aromatic hydroxyl groups is 1. The molecule has 33 heavy (non-hydrogen) atoms. The summed E-state index contributed by atoms with van der Waals surface area (Å²) in [5.74, 6) is 1.65. The highest BCUT2D eigenvalue weighted by Crippen LogP contribution is 2.42. The van der Waals surface area contributed by atoms with Gasteiger partial charge in [-0.25, -0.2) is 4.98 Å². The van der Waals surface area contributed by atoms with Crippen LogP contribution in [0, 0.1) is 5.92 Å². The third-order valence-corrected chi connectivity index (χ3v) is 7.67. The summed E-state index contributed by atoms with van der Waals surface area (Å²) in [7, 11) is 1.67. The number of likely N-dealkylation sites (tertiary alicyclic amines) is 1. The second kappa shape index (κ2) is 9.65. The molecule has 0 atom stereocenters. The highest BCUT2D eigenvalue weighted by molar-refractivity contribution is 7.98.